The first-order valence-electron chi connectivity index (χ1n) is 39.0. The van der Waals surface area contributed by atoms with Crippen molar-refractivity contribution in [1.29, 1.82) is 5.41 Å². The Morgan fingerprint density at radius 3 is 1.53 bits per heavy atom. The zero-order valence-corrected chi connectivity index (χ0v) is 68.0. The monoisotopic (exact) mass is 1700 g/mol. The topological polar surface area (TPSA) is 744 Å². The summed E-state index contributed by atoms with van der Waals surface area (Å²) in [6, 6.07) is -14.3. The third-order valence-corrected chi connectivity index (χ3v) is 18.9. The molecular formula is C74H112N24O23. The van der Waals surface area contributed by atoms with E-state index in [4.69, 9.17) is 27.1 Å². The van der Waals surface area contributed by atoms with Crippen molar-refractivity contribution in [3.05, 3.63) is 72.5 Å². The van der Waals surface area contributed by atoms with Crippen LogP contribution in [0.3, 0.4) is 0 Å². The van der Waals surface area contributed by atoms with Gasteiger partial charge in [-0.1, -0.05) is 45.9 Å². The van der Waals surface area contributed by atoms with E-state index in [1.54, 1.807) is 44.3 Å². The van der Waals surface area contributed by atoms with Crippen LogP contribution in [0.1, 0.15) is 117 Å². The molecule has 0 aliphatic carbocycles. The minimum absolute atomic E-state index is 0.0137. The number of nitrogens with two attached hydrogens (primary N) is 2. The standard InChI is InChI=1S/C74H112N24O23/c1-34(2)19-44(75)62(109)91-47(20-35(3)4)63(110)87-36(5)61(108)90-51(24-57(106)107)67(114)96-60(39(8)102)71(118)97-59(38(7)101)70(117)94-50(23-42-27-79-33-86-42)65(112)92-49(22-41-26-78-32-85-41)64(111)89-46(15-11-17-80-74(76)77)72(119)98-18-12-16-53(98)68(115)93-48(21-40-25-81-45-14-10-9-13-43(40)45)66(113)95-58(37(6)100)69(116)84-29-55(104)82-28-54(103)83-30-56(105)88-52(31-99)73(120)121/h9-10,13-14,25-27,32-39,44,46-53,58-60,81,99-102H,11-12,15-24,28-31,75H2,1-8H3,(H,78,85)(H,79,86)(H,82,104)(H,83,103)(H,84,116)(H,87,110)(H,88,105)(H,89,111)(H,90,108)(H,91,109)(H,92,112)(H,93,115)(H,94,117)(H,95,113)(H,96,114)(H,97,118)(H,106,107)(H,120,121)(H4,76,77,80)/t36-,37+,38+,39+,44-,46-,47-,48-,49-,50-,51-,52-,53-,58-,59-,60-/m0/s1. The van der Waals surface area contributed by atoms with Crippen LogP contribution in [-0.4, -0.2) is 303 Å². The second-order valence-electron chi connectivity index (χ2n) is 29.9. The molecule has 1 aliphatic heterocycles. The first kappa shape index (κ1) is 98.8. The van der Waals surface area contributed by atoms with Crippen LogP contribution in [0.2, 0.25) is 0 Å². The van der Waals surface area contributed by atoms with E-state index in [-0.39, 0.29) is 74.8 Å². The summed E-state index contributed by atoms with van der Waals surface area (Å²) in [5.41, 5.74) is 13.0. The average Bonchev–Trinajstić information content (AvgIpc) is 1.70. The molecule has 1 aromatic carbocycles. The minimum atomic E-state index is -2.07. The summed E-state index contributed by atoms with van der Waals surface area (Å²) in [5.74, 6) is -19.2. The summed E-state index contributed by atoms with van der Waals surface area (Å²) in [6.07, 6.45) is -0.504. The molecule has 5 rings (SSSR count). The van der Waals surface area contributed by atoms with E-state index in [0.29, 0.717) is 22.9 Å². The number of fused-ring (bicyclic) bond motifs is 1. The van der Waals surface area contributed by atoms with Crippen LogP contribution in [-0.2, 0) is 101 Å². The number of hydrogen-bond donors (Lipinski definition) is 27. The molecule has 1 aliphatic rings. The van der Waals surface area contributed by atoms with Crippen molar-refractivity contribution in [2.75, 3.05) is 39.3 Å². The van der Waals surface area contributed by atoms with Crippen LogP contribution >= 0.6 is 0 Å². The average molecular weight is 1710 g/mol. The van der Waals surface area contributed by atoms with Gasteiger partial charge in [-0.3, -0.25) is 82.1 Å². The Balaban J connectivity index is 1.35. The second kappa shape index (κ2) is 48.3. The van der Waals surface area contributed by atoms with Crippen molar-refractivity contribution in [3.63, 3.8) is 0 Å². The van der Waals surface area contributed by atoms with Gasteiger partial charge in [0.05, 0.1) is 81.1 Å². The van der Waals surface area contributed by atoms with Crippen molar-refractivity contribution in [2.24, 2.45) is 23.3 Å². The molecular weight excluding hydrogens is 1590 g/mol. The van der Waals surface area contributed by atoms with Gasteiger partial charge in [0.2, 0.25) is 88.6 Å². The lowest BCUT2D eigenvalue weighted by atomic mass is 10.0. The molecule has 121 heavy (non-hydrogen) atoms. The van der Waals surface area contributed by atoms with Crippen LogP contribution < -0.4 is 91.2 Å². The number of nitrogens with one attached hydrogen (secondary N) is 19. The number of carboxylic acids is 2. The van der Waals surface area contributed by atoms with E-state index in [2.05, 4.69) is 99.4 Å². The Morgan fingerprint density at radius 1 is 0.521 bits per heavy atom. The number of nitrogens with zero attached hydrogens (tertiary/aromatic N) is 3. The fourth-order valence-electron chi connectivity index (χ4n) is 12.5. The van der Waals surface area contributed by atoms with Crippen LogP contribution in [0, 0.1) is 17.2 Å². The van der Waals surface area contributed by atoms with Gasteiger partial charge >= 0.3 is 11.9 Å². The Bertz CT molecular complexity index is 4250. The molecule has 16 atom stereocenters. The SMILES string of the molecule is CC(C)C[C@H](NC(=O)[C@@H](N)CC(C)C)C(=O)N[C@@H](C)C(=O)N[C@@H](CC(=O)O)C(=O)N[C@H](C(=O)N[C@H](C(=O)N[C@@H](Cc1c[nH]cn1)C(=O)N[C@@H](Cc1c[nH]cn1)C(=O)N[C@@H](CCCNC(=N)N)C(=O)N1CCC[C@H]1C(=O)N[C@@H](Cc1c[nH]c2ccccc12)C(=O)N[C@H](C(=O)NCC(=O)NCC(=O)NCC(=O)N[C@@H](CO)C(=O)O)[C@@H](C)O)[C@@H](C)O)[C@@H](C)O. The summed E-state index contributed by atoms with van der Waals surface area (Å²) in [7, 11) is 0. The van der Waals surface area contributed by atoms with Crippen molar-refractivity contribution in [3.8, 4) is 0 Å². The lowest BCUT2D eigenvalue weighted by molar-refractivity contribution is -0.143. The highest BCUT2D eigenvalue weighted by molar-refractivity contribution is 6.01. The molecule has 4 heterocycles. The first-order valence-corrected chi connectivity index (χ1v) is 39.0. The maximum atomic E-state index is 15.2. The number of aromatic amines is 3. The minimum Gasteiger partial charge on any atom is -0.481 e. The zero-order valence-electron chi connectivity index (χ0n) is 68.0. The molecule has 15 amide bonds. The van der Waals surface area contributed by atoms with Gasteiger partial charge in [0.25, 0.3) is 0 Å². The number of carboxylic acid groups (broad SMARTS) is 2. The highest BCUT2D eigenvalue weighted by Crippen LogP contribution is 2.23. The van der Waals surface area contributed by atoms with Crippen molar-refractivity contribution in [2.45, 2.75) is 216 Å². The molecule has 0 radical (unpaired) electrons. The van der Waals surface area contributed by atoms with Gasteiger partial charge in [-0.25, -0.2) is 14.8 Å². The fourth-order valence-corrected chi connectivity index (χ4v) is 12.5. The number of aliphatic carboxylic acids is 2. The lowest BCUT2D eigenvalue weighted by Crippen LogP contribution is -2.63. The third-order valence-electron chi connectivity index (χ3n) is 18.9. The number of amides is 15. The quantitative estimate of drug-likeness (QED) is 0.0111. The van der Waals surface area contributed by atoms with E-state index in [1.807, 2.05) is 19.2 Å². The molecule has 29 N–H and O–H groups in total. The maximum absolute atomic E-state index is 15.2. The molecule has 0 saturated carbocycles. The molecule has 0 bridgehead atoms. The second-order valence-corrected chi connectivity index (χ2v) is 29.9. The number of H-pyrrole nitrogens is 3. The number of likely N-dealkylation sites (tertiary alicyclic amines) is 1. The molecule has 0 unspecified atom stereocenters. The number of benzene rings is 1. The van der Waals surface area contributed by atoms with E-state index < -0.39 is 249 Å². The molecule has 4 aromatic rings. The Hall–Kier alpha value is -12.8. The third kappa shape index (κ3) is 32.5. The summed E-state index contributed by atoms with van der Waals surface area (Å²) in [6.45, 7) is 8.30. The number of imidazole rings is 2. The molecule has 47 nitrogen and oxygen atoms in total. The van der Waals surface area contributed by atoms with Crippen LogP contribution in [0.5, 0.6) is 0 Å². The predicted molar refractivity (Wildman–Crippen MR) is 425 cm³/mol. The highest BCUT2D eigenvalue weighted by atomic mass is 16.4. The number of rotatable bonds is 50. The van der Waals surface area contributed by atoms with Crippen molar-refractivity contribution >= 4 is 117 Å². The summed E-state index contributed by atoms with van der Waals surface area (Å²) in [4.78, 5) is 249. The number of aliphatic hydroxyl groups is 4. The number of carbonyl (C=O) groups excluding carboxylic acids is 15. The fraction of sp³-hybridized carbons (Fsp3) is 0.568. The summed E-state index contributed by atoms with van der Waals surface area (Å²) < 4.78 is 0. The number of para-hydroxylation sites is 1. The van der Waals surface area contributed by atoms with Crippen molar-refractivity contribution in [1.82, 2.24) is 110 Å². The van der Waals surface area contributed by atoms with Gasteiger partial charge in [-0.05, 0) is 89.7 Å². The maximum Gasteiger partial charge on any atom is 0.328 e. The largest absolute Gasteiger partial charge is 0.481 e. The smallest absolute Gasteiger partial charge is 0.328 e. The molecule has 0 spiro atoms. The first-order chi connectivity index (χ1) is 57.1. The number of aliphatic hydroxyl groups excluding tert-OH is 4. The van der Waals surface area contributed by atoms with Gasteiger partial charge in [0.1, 0.15) is 72.5 Å². The van der Waals surface area contributed by atoms with E-state index in [0.717, 1.165) is 25.7 Å². The Labute approximate surface area is 693 Å². The number of carbonyl (C=O) groups is 17. The number of guanidine groups is 1. The number of hydrogen-bond acceptors (Lipinski definition) is 25. The molecule has 666 valence electrons. The van der Waals surface area contributed by atoms with Crippen molar-refractivity contribution < 1.29 is 112 Å². The molecule has 47 heteroatoms. The molecule has 3 aromatic heterocycles. The predicted octanol–water partition coefficient (Wildman–Crippen LogP) is -9.29. The highest BCUT2D eigenvalue weighted by Gasteiger charge is 2.43. The van der Waals surface area contributed by atoms with E-state index in [1.165, 1.54) is 32.0 Å². The lowest BCUT2D eigenvalue weighted by Gasteiger charge is -2.31. The Morgan fingerprint density at radius 2 is 1.00 bits per heavy atom. The van der Waals surface area contributed by atoms with Crippen LogP contribution in [0.15, 0.2) is 55.5 Å². The van der Waals surface area contributed by atoms with Gasteiger partial charge < -0.3 is 142 Å². The summed E-state index contributed by atoms with van der Waals surface area (Å²) >= 11 is 0. The van der Waals surface area contributed by atoms with Gasteiger partial charge in [0, 0.05) is 61.8 Å². The molecule has 1 saturated heterocycles. The molecule has 1 fully saturated rings. The van der Waals surface area contributed by atoms with Crippen LogP contribution in [0.4, 0.5) is 0 Å². The Kier molecular flexibility index (Phi) is 39.5. The van der Waals surface area contributed by atoms with Gasteiger partial charge in [-0.2, -0.15) is 0 Å². The van der Waals surface area contributed by atoms with E-state index in [9.17, 15) is 92.3 Å². The normalized spacial score (nSPS) is 16.2. The van der Waals surface area contributed by atoms with Gasteiger partial charge in [0.15, 0.2) is 5.96 Å². The zero-order chi connectivity index (χ0) is 90.1. The van der Waals surface area contributed by atoms with Gasteiger partial charge in [-0.15, -0.1) is 0 Å². The summed E-state index contributed by atoms with van der Waals surface area (Å²) in [5, 5.41) is 105. The van der Waals surface area contributed by atoms with E-state index >= 15 is 9.59 Å². The number of aromatic nitrogens is 5. The van der Waals surface area contributed by atoms with Crippen LogP contribution in [0.25, 0.3) is 10.9 Å².